The van der Waals surface area contributed by atoms with Crippen molar-refractivity contribution < 1.29 is 14.7 Å². The first-order valence-electron chi connectivity index (χ1n) is 9.64. The predicted octanol–water partition coefficient (Wildman–Crippen LogP) is 6.12. The molecular weight excluding hydrogens is 412 g/mol. The number of aromatic carboxylic acids is 1. The quantitative estimate of drug-likeness (QED) is 0.408. The molecule has 5 nitrogen and oxygen atoms in total. The summed E-state index contributed by atoms with van der Waals surface area (Å²) in [5.41, 5.74) is 5.66. The van der Waals surface area contributed by atoms with E-state index in [0.29, 0.717) is 32.9 Å². The van der Waals surface area contributed by atoms with Gasteiger partial charge in [0.25, 0.3) is 5.91 Å². The van der Waals surface area contributed by atoms with Crippen LogP contribution in [-0.2, 0) is 0 Å². The summed E-state index contributed by atoms with van der Waals surface area (Å²) in [5.74, 6) is -1.35. The summed E-state index contributed by atoms with van der Waals surface area (Å²) in [6, 6.07) is 19.1. The number of aryl methyl sites for hydroxylation is 2. The number of rotatable bonds is 4. The Bertz CT molecular complexity index is 1330. The minimum atomic E-state index is -1.02. The zero-order chi connectivity index (χ0) is 22.1. The van der Waals surface area contributed by atoms with Gasteiger partial charge in [-0.25, -0.2) is 9.78 Å². The number of hydrogen-bond donors (Lipinski definition) is 2. The number of aromatic nitrogens is 1. The fraction of sp³-hybridized carbons (Fsp3) is 0.0800. The summed E-state index contributed by atoms with van der Waals surface area (Å²) < 4.78 is 0. The molecule has 0 radical (unpaired) electrons. The number of halogens is 1. The largest absolute Gasteiger partial charge is 0.478 e. The molecule has 0 bridgehead atoms. The second-order valence-electron chi connectivity index (χ2n) is 7.35. The summed E-state index contributed by atoms with van der Waals surface area (Å²) in [4.78, 5) is 28.9. The summed E-state index contributed by atoms with van der Waals surface area (Å²) in [7, 11) is 0. The lowest BCUT2D eigenvalue weighted by atomic mass is 10.0. The van der Waals surface area contributed by atoms with Crippen molar-refractivity contribution in [2.45, 2.75) is 13.8 Å². The number of amides is 1. The van der Waals surface area contributed by atoms with E-state index in [1.54, 1.807) is 36.4 Å². The zero-order valence-corrected chi connectivity index (χ0v) is 17.7. The third kappa shape index (κ3) is 4.27. The Morgan fingerprint density at radius 1 is 0.903 bits per heavy atom. The van der Waals surface area contributed by atoms with E-state index in [2.05, 4.69) is 5.32 Å². The monoisotopic (exact) mass is 430 g/mol. The van der Waals surface area contributed by atoms with Crippen molar-refractivity contribution in [3.63, 3.8) is 0 Å². The Hall–Kier alpha value is -3.70. The van der Waals surface area contributed by atoms with Gasteiger partial charge in [0, 0.05) is 21.7 Å². The van der Waals surface area contributed by atoms with Crippen LogP contribution < -0.4 is 5.32 Å². The number of carbonyl (C=O) groups is 2. The van der Waals surface area contributed by atoms with Crippen LogP contribution in [0.2, 0.25) is 5.02 Å². The first kappa shape index (κ1) is 20.6. The number of anilines is 1. The predicted molar refractivity (Wildman–Crippen MR) is 123 cm³/mol. The van der Waals surface area contributed by atoms with Gasteiger partial charge in [0.2, 0.25) is 0 Å². The van der Waals surface area contributed by atoms with E-state index < -0.39 is 5.97 Å². The number of benzene rings is 3. The van der Waals surface area contributed by atoms with Gasteiger partial charge in [-0.1, -0.05) is 23.7 Å². The third-order valence-corrected chi connectivity index (χ3v) is 5.44. The van der Waals surface area contributed by atoms with Crippen LogP contribution in [0.25, 0.3) is 22.2 Å². The highest BCUT2D eigenvalue weighted by Gasteiger charge is 2.15. The Morgan fingerprint density at radius 3 is 2.32 bits per heavy atom. The van der Waals surface area contributed by atoms with E-state index in [-0.39, 0.29) is 11.5 Å². The molecule has 31 heavy (non-hydrogen) atoms. The molecule has 1 amide bonds. The topological polar surface area (TPSA) is 79.3 Å². The molecule has 2 N–H and O–H groups in total. The molecule has 6 heteroatoms. The van der Waals surface area contributed by atoms with Gasteiger partial charge in [0.05, 0.1) is 22.3 Å². The smallest absolute Gasteiger partial charge is 0.335 e. The number of carboxylic acids is 1. The van der Waals surface area contributed by atoms with E-state index >= 15 is 0 Å². The average Bonchev–Trinajstić information content (AvgIpc) is 2.75. The molecule has 0 fully saturated rings. The van der Waals surface area contributed by atoms with Crippen LogP contribution in [0.1, 0.15) is 31.8 Å². The van der Waals surface area contributed by atoms with Crippen LogP contribution in [0.15, 0.2) is 66.7 Å². The van der Waals surface area contributed by atoms with Crippen LogP contribution >= 0.6 is 11.6 Å². The average molecular weight is 431 g/mol. The molecule has 0 unspecified atom stereocenters. The first-order valence-corrected chi connectivity index (χ1v) is 10.0. The second kappa shape index (κ2) is 8.20. The summed E-state index contributed by atoms with van der Waals surface area (Å²) in [6.45, 7) is 4.08. The van der Waals surface area contributed by atoms with E-state index in [4.69, 9.17) is 21.7 Å². The molecule has 0 saturated heterocycles. The van der Waals surface area contributed by atoms with Crippen LogP contribution in [0, 0.1) is 13.8 Å². The van der Waals surface area contributed by atoms with Gasteiger partial charge in [-0.05, 0) is 79.6 Å². The third-order valence-electron chi connectivity index (χ3n) is 5.21. The fourth-order valence-electron chi connectivity index (χ4n) is 3.33. The highest BCUT2D eigenvalue weighted by atomic mass is 35.5. The molecule has 0 spiro atoms. The number of nitrogens with zero attached hydrogens (tertiary/aromatic N) is 1. The van der Waals surface area contributed by atoms with E-state index in [0.717, 1.165) is 11.1 Å². The normalized spacial score (nSPS) is 10.8. The van der Waals surface area contributed by atoms with Crippen LogP contribution in [0.5, 0.6) is 0 Å². The summed E-state index contributed by atoms with van der Waals surface area (Å²) >= 11 is 6.18. The number of nitrogens with one attached hydrogen (secondary N) is 1. The minimum absolute atomic E-state index is 0.149. The molecule has 4 aromatic rings. The van der Waals surface area contributed by atoms with Gasteiger partial charge in [0.15, 0.2) is 0 Å². The lowest BCUT2D eigenvalue weighted by Gasteiger charge is -2.12. The van der Waals surface area contributed by atoms with Crippen molar-refractivity contribution in [2.24, 2.45) is 0 Å². The summed E-state index contributed by atoms with van der Waals surface area (Å²) in [6.07, 6.45) is 0. The number of pyridine rings is 1. The maximum absolute atomic E-state index is 13.2. The molecule has 0 aliphatic heterocycles. The van der Waals surface area contributed by atoms with Gasteiger partial charge in [-0.3, -0.25) is 4.79 Å². The highest BCUT2D eigenvalue weighted by molar-refractivity contribution is 6.31. The fourth-order valence-corrected chi connectivity index (χ4v) is 3.50. The highest BCUT2D eigenvalue weighted by Crippen LogP contribution is 2.28. The number of carbonyl (C=O) groups excluding carboxylic acids is 1. The number of fused-ring (bicyclic) bond motifs is 1. The van der Waals surface area contributed by atoms with Crippen molar-refractivity contribution in [2.75, 3.05) is 5.32 Å². The summed E-state index contributed by atoms with van der Waals surface area (Å²) in [5, 5.41) is 13.0. The Labute approximate surface area is 184 Å². The van der Waals surface area contributed by atoms with Crippen LogP contribution in [0.4, 0.5) is 5.69 Å². The van der Waals surface area contributed by atoms with Gasteiger partial charge in [-0.2, -0.15) is 0 Å². The lowest BCUT2D eigenvalue weighted by Crippen LogP contribution is -2.13. The Morgan fingerprint density at radius 2 is 1.65 bits per heavy atom. The van der Waals surface area contributed by atoms with Crippen molar-refractivity contribution in [3.05, 3.63) is 94.0 Å². The van der Waals surface area contributed by atoms with E-state index in [1.807, 2.05) is 32.0 Å². The minimum Gasteiger partial charge on any atom is -0.478 e. The molecule has 0 atom stereocenters. The first-order chi connectivity index (χ1) is 14.8. The zero-order valence-electron chi connectivity index (χ0n) is 16.9. The molecule has 1 aromatic heterocycles. The number of carboxylic acid groups (broad SMARTS) is 1. The Balaban J connectivity index is 1.79. The molecule has 4 rings (SSSR count). The van der Waals surface area contributed by atoms with Gasteiger partial charge < -0.3 is 10.4 Å². The molecule has 1 heterocycles. The lowest BCUT2D eigenvalue weighted by molar-refractivity contribution is 0.0696. The SMILES string of the molecule is Cc1ccc(-c2cc(C(=O)Nc3ccc(C(=O)O)cc3)c3cc(Cl)ccc3n2)cc1C. The number of hydrogen-bond acceptors (Lipinski definition) is 3. The van der Waals surface area contributed by atoms with Crippen LogP contribution in [0.3, 0.4) is 0 Å². The standard InChI is InChI=1S/C25H19ClN2O3/c1-14-3-4-17(11-15(14)2)23-13-21(20-12-18(26)7-10-22(20)28-23)24(29)27-19-8-5-16(6-9-19)25(30)31/h3-13H,1-2H3,(H,27,29)(H,30,31). The van der Waals surface area contributed by atoms with Crippen molar-refractivity contribution >= 4 is 40.1 Å². The maximum atomic E-state index is 13.2. The molecule has 3 aromatic carbocycles. The van der Waals surface area contributed by atoms with E-state index in [1.165, 1.54) is 17.7 Å². The van der Waals surface area contributed by atoms with Crippen molar-refractivity contribution in [1.29, 1.82) is 0 Å². The molecule has 0 aliphatic carbocycles. The second-order valence-corrected chi connectivity index (χ2v) is 7.79. The van der Waals surface area contributed by atoms with Gasteiger partial charge >= 0.3 is 5.97 Å². The van der Waals surface area contributed by atoms with E-state index in [9.17, 15) is 9.59 Å². The Kier molecular flexibility index (Phi) is 5.44. The maximum Gasteiger partial charge on any atom is 0.335 e. The molecule has 0 aliphatic rings. The molecule has 154 valence electrons. The molecular formula is C25H19ClN2O3. The van der Waals surface area contributed by atoms with Gasteiger partial charge in [-0.15, -0.1) is 0 Å². The van der Waals surface area contributed by atoms with Crippen molar-refractivity contribution in [3.8, 4) is 11.3 Å². The van der Waals surface area contributed by atoms with Crippen molar-refractivity contribution in [1.82, 2.24) is 4.98 Å². The van der Waals surface area contributed by atoms with Gasteiger partial charge in [0.1, 0.15) is 0 Å². The van der Waals surface area contributed by atoms with Crippen LogP contribution in [-0.4, -0.2) is 22.0 Å². The molecule has 0 saturated carbocycles.